The Morgan fingerprint density at radius 3 is 2.86 bits per heavy atom. The summed E-state index contributed by atoms with van der Waals surface area (Å²) in [5, 5.41) is 0. The van der Waals surface area contributed by atoms with Crippen molar-refractivity contribution in [3.8, 4) is 0 Å². The largest absolute Gasteiger partial charge is 0.466 e. The SMILES string of the molecule is CCOC(=O)Cc1cc(=O)[nH]c(=O)o1. The van der Waals surface area contributed by atoms with E-state index in [2.05, 4.69) is 9.15 Å². The highest BCUT2D eigenvalue weighted by Crippen LogP contribution is 1.94. The fourth-order valence-electron chi connectivity index (χ4n) is 0.898. The van der Waals surface area contributed by atoms with Crippen molar-refractivity contribution in [1.82, 2.24) is 4.98 Å². The lowest BCUT2D eigenvalue weighted by molar-refractivity contribution is -0.142. The Hall–Kier alpha value is -1.85. The van der Waals surface area contributed by atoms with Gasteiger partial charge in [-0.25, -0.2) is 4.79 Å². The quantitative estimate of drug-likeness (QED) is 0.658. The Kier molecular flexibility index (Phi) is 3.22. The number of esters is 1. The molecule has 0 saturated carbocycles. The lowest BCUT2D eigenvalue weighted by Gasteiger charge is -1.99. The van der Waals surface area contributed by atoms with Crippen LogP contribution in [0.4, 0.5) is 0 Å². The van der Waals surface area contributed by atoms with Crippen molar-refractivity contribution in [3.05, 3.63) is 32.7 Å². The molecule has 1 N–H and O–H groups in total. The number of hydrogen-bond donors (Lipinski definition) is 1. The summed E-state index contributed by atoms with van der Waals surface area (Å²) < 4.78 is 9.18. The third kappa shape index (κ3) is 2.89. The highest BCUT2D eigenvalue weighted by Gasteiger charge is 2.07. The number of nitrogens with one attached hydrogen (secondary N) is 1. The van der Waals surface area contributed by atoms with Crippen LogP contribution in [0, 0.1) is 0 Å². The molecule has 0 bridgehead atoms. The number of aromatic amines is 1. The Bertz CT molecular complexity index is 402. The molecule has 0 saturated heterocycles. The Labute approximate surface area is 78.5 Å². The first-order chi connectivity index (χ1) is 6.61. The molecule has 14 heavy (non-hydrogen) atoms. The minimum Gasteiger partial charge on any atom is -0.466 e. The topological polar surface area (TPSA) is 89.4 Å². The monoisotopic (exact) mass is 199 g/mol. The Morgan fingerprint density at radius 1 is 1.57 bits per heavy atom. The van der Waals surface area contributed by atoms with Crippen LogP contribution in [0.25, 0.3) is 0 Å². The van der Waals surface area contributed by atoms with Crippen molar-refractivity contribution in [2.45, 2.75) is 13.3 Å². The average Bonchev–Trinajstić information content (AvgIpc) is 2.01. The summed E-state index contributed by atoms with van der Waals surface area (Å²) >= 11 is 0. The van der Waals surface area contributed by atoms with Crippen LogP contribution >= 0.6 is 0 Å². The average molecular weight is 199 g/mol. The molecule has 0 spiro atoms. The molecule has 6 nitrogen and oxygen atoms in total. The number of rotatable bonds is 3. The van der Waals surface area contributed by atoms with Crippen LogP contribution in [0.2, 0.25) is 0 Å². The minimum atomic E-state index is -0.878. The molecule has 0 unspecified atom stereocenters. The predicted molar refractivity (Wildman–Crippen MR) is 45.9 cm³/mol. The lowest BCUT2D eigenvalue weighted by Crippen LogP contribution is -2.20. The molecule has 0 aliphatic heterocycles. The van der Waals surface area contributed by atoms with Crippen LogP contribution in [0.3, 0.4) is 0 Å². The minimum absolute atomic E-state index is 0.00259. The molecule has 0 amide bonds. The van der Waals surface area contributed by atoms with E-state index >= 15 is 0 Å². The van der Waals surface area contributed by atoms with E-state index in [1.807, 2.05) is 4.98 Å². The highest BCUT2D eigenvalue weighted by atomic mass is 16.5. The Morgan fingerprint density at radius 2 is 2.29 bits per heavy atom. The summed E-state index contributed by atoms with van der Waals surface area (Å²) in [6.45, 7) is 1.90. The second-order valence-electron chi connectivity index (χ2n) is 2.47. The second-order valence-corrected chi connectivity index (χ2v) is 2.47. The standard InChI is InChI=1S/C8H9NO5/c1-2-13-7(11)4-5-3-6(10)9-8(12)14-5/h3H,2,4H2,1H3,(H,9,10,12). The summed E-state index contributed by atoms with van der Waals surface area (Å²) in [6, 6.07) is 1.04. The lowest BCUT2D eigenvalue weighted by atomic mass is 10.3. The van der Waals surface area contributed by atoms with Gasteiger partial charge in [-0.05, 0) is 6.92 Å². The number of ether oxygens (including phenoxy) is 1. The van der Waals surface area contributed by atoms with Crippen LogP contribution in [0.5, 0.6) is 0 Å². The van der Waals surface area contributed by atoms with Gasteiger partial charge in [-0.2, -0.15) is 0 Å². The van der Waals surface area contributed by atoms with Crippen molar-refractivity contribution in [1.29, 1.82) is 0 Å². The summed E-state index contributed by atoms with van der Waals surface area (Å²) in [6.07, 6.45) is -0.215. The van der Waals surface area contributed by atoms with Gasteiger partial charge in [0.1, 0.15) is 12.2 Å². The molecule has 0 aromatic carbocycles. The van der Waals surface area contributed by atoms with Crippen molar-refractivity contribution < 1.29 is 13.9 Å². The van der Waals surface area contributed by atoms with Gasteiger partial charge in [0.05, 0.1) is 6.61 Å². The fraction of sp³-hybridized carbons (Fsp3) is 0.375. The first-order valence-electron chi connectivity index (χ1n) is 4.00. The molecule has 1 aromatic heterocycles. The smallest absolute Gasteiger partial charge is 0.419 e. The third-order valence-electron chi connectivity index (χ3n) is 1.37. The van der Waals surface area contributed by atoms with E-state index in [1.54, 1.807) is 6.92 Å². The summed E-state index contributed by atoms with van der Waals surface area (Å²) in [5.41, 5.74) is -0.597. The van der Waals surface area contributed by atoms with Crippen LogP contribution in [-0.2, 0) is 16.0 Å². The fourth-order valence-corrected chi connectivity index (χ4v) is 0.898. The van der Waals surface area contributed by atoms with E-state index in [-0.39, 0.29) is 18.8 Å². The number of carbonyl (C=O) groups is 1. The summed E-state index contributed by atoms with van der Waals surface area (Å²) in [5.74, 6) is -1.42. The first-order valence-corrected chi connectivity index (χ1v) is 4.00. The molecule has 1 aromatic rings. The second kappa shape index (κ2) is 4.40. The van der Waals surface area contributed by atoms with Gasteiger partial charge in [0, 0.05) is 6.07 Å². The van der Waals surface area contributed by atoms with Gasteiger partial charge in [-0.1, -0.05) is 0 Å². The number of aromatic nitrogens is 1. The normalized spacial score (nSPS) is 9.79. The molecule has 1 heterocycles. The van der Waals surface area contributed by atoms with Crippen molar-refractivity contribution in [2.75, 3.05) is 6.61 Å². The van der Waals surface area contributed by atoms with Crippen molar-refractivity contribution >= 4 is 5.97 Å². The van der Waals surface area contributed by atoms with Crippen LogP contribution in [-0.4, -0.2) is 17.6 Å². The number of hydrogen-bond acceptors (Lipinski definition) is 5. The number of carbonyl (C=O) groups excluding carboxylic acids is 1. The van der Waals surface area contributed by atoms with Gasteiger partial charge in [-0.15, -0.1) is 0 Å². The molecule has 6 heteroatoms. The van der Waals surface area contributed by atoms with Crippen molar-refractivity contribution in [2.24, 2.45) is 0 Å². The molecule has 0 aliphatic carbocycles. The molecular formula is C8H9NO5. The van der Waals surface area contributed by atoms with Crippen molar-refractivity contribution in [3.63, 3.8) is 0 Å². The predicted octanol–water partition coefficient (Wildman–Crippen LogP) is -0.566. The van der Waals surface area contributed by atoms with E-state index < -0.39 is 17.3 Å². The zero-order valence-corrected chi connectivity index (χ0v) is 7.53. The zero-order valence-electron chi connectivity index (χ0n) is 7.53. The molecule has 0 atom stereocenters. The molecule has 0 radical (unpaired) electrons. The van der Waals surface area contributed by atoms with Gasteiger partial charge in [0.2, 0.25) is 0 Å². The van der Waals surface area contributed by atoms with E-state index in [4.69, 9.17) is 0 Å². The van der Waals surface area contributed by atoms with E-state index in [0.29, 0.717) is 0 Å². The van der Waals surface area contributed by atoms with E-state index in [1.165, 1.54) is 0 Å². The zero-order chi connectivity index (χ0) is 10.6. The maximum atomic E-state index is 10.9. The van der Waals surface area contributed by atoms with Gasteiger partial charge in [0.15, 0.2) is 0 Å². The molecule has 1 rings (SSSR count). The third-order valence-corrected chi connectivity index (χ3v) is 1.37. The maximum Gasteiger partial charge on any atom is 0.419 e. The molecule has 0 fully saturated rings. The molecular weight excluding hydrogens is 190 g/mol. The van der Waals surface area contributed by atoms with Crippen LogP contribution in [0.15, 0.2) is 20.1 Å². The summed E-state index contributed by atoms with van der Waals surface area (Å²) in [4.78, 5) is 34.3. The van der Waals surface area contributed by atoms with Gasteiger partial charge in [0.25, 0.3) is 5.56 Å². The van der Waals surface area contributed by atoms with Gasteiger partial charge in [-0.3, -0.25) is 14.6 Å². The van der Waals surface area contributed by atoms with Crippen LogP contribution in [0.1, 0.15) is 12.7 Å². The maximum absolute atomic E-state index is 10.9. The highest BCUT2D eigenvalue weighted by molar-refractivity contribution is 5.71. The van der Waals surface area contributed by atoms with Gasteiger partial charge >= 0.3 is 11.7 Å². The summed E-state index contributed by atoms with van der Waals surface area (Å²) in [7, 11) is 0. The van der Waals surface area contributed by atoms with Crippen LogP contribution < -0.4 is 11.3 Å². The first kappa shape index (κ1) is 10.2. The number of H-pyrrole nitrogens is 1. The van der Waals surface area contributed by atoms with E-state index in [0.717, 1.165) is 6.07 Å². The molecule has 0 aliphatic rings. The Balaban J connectivity index is 2.82. The van der Waals surface area contributed by atoms with Gasteiger partial charge < -0.3 is 9.15 Å². The van der Waals surface area contributed by atoms with E-state index in [9.17, 15) is 14.4 Å². The molecule has 76 valence electrons.